The number of rotatable bonds is 3. The predicted molar refractivity (Wildman–Crippen MR) is 67.1 cm³/mol. The molecule has 0 fully saturated rings. The Morgan fingerprint density at radius 1 is 1.41 bits per heavy atom. The molecule has 86 valence electrons. The highest BCUT2D eigenvalue weighted by atomic mass is 79.9. The lowest BCUT2D eigenvalue weighted by atomic mass is 10.3. The molecule has 17 heavy (non-hydrogen) atoms. The number of aromatic nitrogens is 2. The van der Waals surface area contributed by atoms with E-state index in [1.165, 1.54) is 0 Å². The summed E-state index contributed by atoms with van der Waals surface area (Å²) in [6, 6.07) is 9.64. The van der Waals surface area contributed by atoms with E-state index in [1.807, 2.05) is 30.5 Å². The summed E-state index contributed by atoms with van der Waals surface area (Å²) < 4.78 is 7.67. The first-order chi connectivity index (χ1) is 8.24. The Bertz CT molecular complexity index is 554. The zero-order chi connectivity index (χ0) is 12.3. The predicted octanol–water partition coefficient (Wildman–Crippen LogP) is 2.71. The van der Waals surface area contributed by atoms with E-state index >= 15 is 0 Å². The lowest BCUT2D eigenvalue weighted by Crippen LogP contribution is -1.95. The Kier molecular flexibility index (Phi) is 3.45. The molecule has 5 heteroatoms. The van der Waals surface area contributed by atoms with Gasteiger partial charge in [-0.15, -0.1) is 0 Å². The van der Waals surface area contributed by atoms with Crippen LogP contribution >= 0.6 is 15.9 Å². The van der Waals surface area contributed by atoms with E-state index in [4.69, 9.17) is 10.00 Å². The minimum Gasteiger partial charge on any atom is -0.497 e. The van der Waals surface area contributed by atoms with Crippen LogP contribution in [0.2, 0.25) is 0 Å². The number of benzene rings is 1. The van der Waals surface area contributed by atoms with Crippen molar-refractivity contribution in [2.75, 3.05) is 7.11 Å². The molecule has 2 rings (SSSR count). The lowest BCUT2D eigenvalue weighted by Gasteiger charge is -2.02. The molecule has 0 unspecified atom stereocenters. The minimum absolute atomic E-state index is 0.295. The van der Waals surface area contributed by atoms with Crippen molar-refractivity contribution in [2.24, 2.45) is 0 Å². The van der Waals surface area contributed by atoms with Gasteiger partial charge in [-0.3, -0.25) is 0 Å². The summed E-state index contributed by atoms with van der Waals surface area (Å²) in [5.41, 5.74) is 1.67. The van der Waals surface area contributed by atoms with E-state index in [2.05, 4.69) is 27.1 Å². The maximum absolute atomic E-state index is 8.66. The third-order valence-corrected chi connectivity index (χ3v) is 2.99. The van der Waals surface area contributed by atoms with Crippen LogP contribution in [-0.2, 0) is 6.42 Å². The van der Waals surface area contributed by atoms with Gasteiger partial charge in [-0.05, 0) is 40.2 Å². The van der Waals surface area contributed by atoms with Crippen molar-refractivity contribution in [1.82, 2.24) is 9.78 Å². The Morgan fingerprint density at radius 2 is 2.12 bits per heavy atom. The lowest BCUT2D eigenvalue weighted by molar-refractivity contribution is 0.414. The molecule has 0 aliphatic carbocycles. The van der Waals surface area contributed by atoms with E-state index in [1.54, 1.807) is 11.8 Å². The average molecular weight is 292 g/mol. The summed E-state index contributed by atoms with van der Waals surface area (Å²) in [6.45, 7) is 0. The van der Waals surface area contributed by atoms with Gasteiger partial charge in [0.1, 0.15) is 5.75 Å². The number of ether oxygens (including phenoxy) is 1. The molecular weight excluding hydrogens is 282 g/mol. The highest BCUT2D eigenvalue weighted by molar-refractivity contribution is 9.10. The molecule has 0 saturated heterocycles. The highest BCUT2D eigenvalue weighted by Crippen LogP contribution is 2.20. The highest BCUT2D eigenvalue weighted by Gasteiger charge is 2.07. The van der Waals surface area contributed by atoms with Gasteiger partial charge in [0.15, 0.2) is 0 Å². The monoisotopic (exact) mass is 291 g/mol. The normalized spacial score (nSPS) is 9.94. The van der Waals surface area contributed by atoms with Gasteiger partial charge in [-0.1, -0.05) is 0 Å². The summed E-state index contributed by atoms with van der Waals surface area (Å²) in [5.74, 6) is 0.803. The van der Waals surface area contributed by atoms with E-state index in [-0.39, 0.29) is 0 Å². The van der Waals surface area contributed by atoms with Gasteiger partial charge < -0.3 is 4.74 Å². The van der Waals surface area contributed by atoms with Gasteiger partial charge in [-0.2, -0.15) is 10.4 Å². The molecule has 0 bridgehead atoms. The zero-order valence-electron chi connectivity index (χ0n) is 9.22. The maximum Gasteiger partial charge on any atom is 0.119 e. The van der Waals surface area contributed by atoms with Crippen LogP contribution in [0.3, 0.4) is 0 Å². The van der Waals surface area contributed by atoms with Crippen LogP contribution in [0.5, 0.6) is 5.75 Å². The summed E-state index contributed by atoms with van der Waals surface area (Å²) in [5, 5.41) is 13.0. The van der Waals surface area contributed by atoms with Crippen LogP contribution in [-0.4, -0.2) is 16.9 Å². The van der Waals surface area contributed by atoms with Crippen LogP contribution in [0, 0.1) is 11.3 Å². The Labute approximate surface area is 108 Å². The molecule has 0 spiro atoms. The SMILES string of the molecule is COc1ccc(-n2cc(Br)c(CC#N)n2)cc1. The van der Waals surface area contributed by atoms with Gasteiger partial charge in [0, 0.05) is 6.20 Å². The average Bonchev–Trinajstić information content (AvgIpc) is 2.72. The second-order valence-corrected chi connectivity index (χ2v) is 4.26. The first kappa shape index (κ1) is 11.7. The van der Waals surface area contributed by atoms with Crippen LogP contribution in [0.1, 0.15) is 5.69 Å². The van der Waals surface area contributed by atoms with E-state index in [0.29, 0.717) is 6.42 Å². The van der Waals surface area contributed by atoms with Crippen molar-refractivity contribution in [1.29, 1.82) is 5.26 Å². The fourth-order valence-electron chi connectivity index (χ4n) is 1.45. The molecule has 0 aliphatic rings. The number of methoxy groups -OCH3 is 1. The quantitative estimate of drug-likeness (QED) is 0.874. The van der Waals surface area contributed by atoms with Crippen molar-refractivity contribution in [3.63, 3.8) is 0 Å². The summed E-state index contributed by atoms with van der Waals surface area (Å²) >= 11 is 3.38. The minimum atomic E-state index is 0.295. The second-order valence-electron chi connectivity index (χ2n) is 3.40. The standard InChI is InChI=1S/C12H10BrN3O/c1-17-10-4-2-9(3-5-10)16-8-11(13)12(15-16)6-7-14/h2-5,8H,6H2,1H3. The Morgan fingerprint density at radius 3 is 2.71 bits per heavy atom. The van der Waals surface area contributed by atoms with Crippen LogP contribution in [0.15, 0.2) is 34.9 Å². The largest absolute Gasteiger partial charge is 0.497 e. The molecule has 1 aromatic heterocycles. The van der Waals surface area contributed by atoms with Crippen molar-refractivity contribution in [2.45, 2.75) is 6.42 Å². The molecular formula is C12H10BrN3O. The van der Waals surface area contributed by atoms with Gasteiger partial charge in [0.05, 0.1) is 35.5 Å². The van der Waals surface area contributed by atoms with E-state index in [9.17, 15) is 0 Å². The molecule has 1 heterocycles. The number of hydrogen-bond acceptors (Lipinski definition) is 3. The van der Waals surface area contributed by atoms with Gasteiger partial charge in [0.25, 0.3) is 0 Å². The second kappa shape index (κ2) is 5.02. The molecule has 2 aromatic rings. The number of hydrogen-bond donors (Lipinski definition) is 0. The van der Waals surface area contributed by atoms with Crippen molar-refractivity contribution >= 4 is 15.9 Å². The van der Waals surface area contributed by atoms with Gasteiger partial charge in [-0.25, -0.2) is 4.68 Å². The first-order valence-corrected chi connectivity index (χ1v) is 5.79. The number of halogens is 1. The topological polar surface area (TPSA) is 50.8 Å². The summed E-state index contributed by atoms with van der Waals surface area (Å²) in [7, 11) is 1.63. The molecule has 0 atom stereocenters. The smallest absolute Gasteiger partial charge is 0.119 e. The van der Waals surface area contributed by atoms with Crippen molar-refractivity contribution < 1.29 is 4.74 Å². The van der Waals surface area contributed by atoms with Crippen molar-refractivity contribution in [3.05, 3.63) is 40.6 Å². The third-order valence-electron chi connectivity index (χ3n) is 2.32. The third kappa shape index (κ3) is 2.48. The molecule has 0 radical (unpaired) electrons. The van der Waals surface area contributed by atoms with E-state index in [0.717, 1.165) is 21.6 Å². The van der Waals surface area contributed by atoms with Crippen LogP contribution < -0.4 is 4.74 Å². The number of nitriles is 1. The molecule has 4 nitrogen and oxygen atoms in total. The molecule has 0 N–H and O–H groups in total. The molecule has 0 saturated carbocycles. The van der Waals surface area contributed by atoms with Crippen LogP contribution in [0.25, 0.3) is 5.69 Å². The fourth-order valence-corrected chi connectivity index (χ4v) is 1.86. The Balaban J connectivity index is 2.33. The molecule has 0 amide bonds. The maximum atomic E-state index is 8.66. The zero-order valence-corrected chi connectivity index (χ0v) is 10.8. The van der Waals surface area contributed by atoms with Gasteiger partial charge >= 0.3 is 0 Å². The van der Waals surface area contributed by atoms with Gasteiger partial charge in [0.2, 0.25) is 0 Å². The molecule has 1 aromatic carbocycles. The first-order valence-electron chi connectivity index (χ1n) is 5.00. The van der Waals surface area contributed by atoms with E-state index < -0.39 is 0 Å². The van der Waals surface area contributed by atoms with Crippen LogP contribution in [0.4, 0.5) is 0 Å². The summed E-state index contributed by atoms with van der Waals surface area (Å²) in [4.78, 5) is 0. The number of nitrogens with zero attached hydrogens (tertiary/aromatic N) is 3. The fraction of sp³-hybridized carbons (Fsp3) is 0.167. The Hall–Kier alpha value is -1.80. The summed E-state index contributed by atoms with van der Waals surface area (Å²) in [6.07, 6.45) is 2.14. The molecule has 0 aliphatic heterocycles. The van der Waals surface area contributed by atoms with Crippen molar-refractivity contribution in [3.8, 4) is 17.5 Å².